The lowest BCUT2D eigenvalue weighted by molar-refractivity contribution is 0.156. The van der Waals surface area contributed by atoms with Crippen molar-refractivity contribution >= 4 is 6.09 Å². The van der Waals surface area contributed by atoms with Gasteiger partial charge in [0, 0.05) is 6.54 Å². The quantitative estimate of drug-likeness (QED) is 0.683. The molecule has 1 N–H and O–H groups in total. The van der Waals surface area contributed by atoms with Gasteiger partial charge in [-0.05, 0) is 17.5 Å². The van der Waals surface area contributed by atoms with Crippen LogP contribution in [0.25, 0.3) is 0 Å². The number of carbonyl (C=O) groups is 1. The van der Waals surface area contributed by atoms with Gasteiger partial charge in [0.25, 0.3) is 0 Å². The first-order valence-electron chi connectivity index (χ1n) is 9.33. The fraction of sp³-hybridized carbons (Fsp3) is 0.286. The van der Waals surface area contributed by atoms with Gasteiger partial charge in [0.15, 0.2) is 5.82 Å². The van der Waals surface area contributed by atoms with Crippen LogP contribution < -0.4 is 0 Å². The van der Waals surface area contributed by atoms with Gasteiger partial charge in [0.05, 0.1) is 13.1 Å². The molecule has 7 nitrogen and oxygen atoms in total. The second-order valence-corrected chi connectivity index (χ2v) is 6.69. The minimum Gasteiger partial charge on any atom is -0.448 e. The van der Waals surface area contributed by atoms with E-state index in [9.17, 15) is 9.90 Å². The van der Waals surface area contributed by atoms with Gasteiger partial charge in [-0.2, -0.15) is 5.10 Å². The Bertz CT molecular complexity index is 927. The van der Waals surface area contributed by atoms with Gasteiger partial charge < -0.3 is 9.84 Å². The number of aryl methyl sites for hydroxylation is 2. The average Bonchev–Trinajstić information content (AvgIpc) is 3.34. The Morgan fingerprint density at radius 3 is 2.46 bits per heavy atom. The third-order valence-corrected chi connectivity index (χ3v) is 4.76. The molecule has 0 unspecified atom stereocenters. The lowest BCUT2D eigenvalue weighted by atomic mass is 10.1. The monoisotopic (exact) mass is 378 g/mol. The van der Waals surface area contributed by atoms with Gasteiger partial charge in [-0.1, -0.05) is 60.7 Å². The highest BCUT2D eigenvalue weighted by molar-refractivity contribution is 5.69. The smallest absolute Gasteiger partial charge is 0.410 e. The van der Waals surface area contributed by atoms with Gasteiger partial charge in [-0.25, -0.2) is 14.5 Å². The number of hydrogen-bond acceptors (Lipinski definition) is 5. The summed E-state index contributed by atoms with van der Waals surface area (Å²) in [5.74, 6) is 0.974. The van der Waals surface area contributed by atoms with E-state index in [2.05, 4.69) is 22.2 Å². The number of cyclic esters (lactones) is 1. The van der Waals surface area contributed by atoms with Gasteiger partial charge in [0.1, 0.15) is 18.5 Å². The summed E-state index contributed by atoms with van der Waals surface area (Å²) >= 11 is 0. The van der Waals surface area contributed by atoms with Crippen LogP contribution in [-0.4, -0.2) is 44.0 Å². The molecule has 0 radical (unpaired) electrons. The number of amides is 1. The molecule has 28 heavy (non-hydrogen) atoms. The van der Waals surface area contributed by atoms with Gasteiger partial charge in [-0.3, -0.25) is 4.90 Å². The van der Waals surface area contributed by atoms with E-state index in [4.69, 9.17) is 4.74 Å². The van der Waals surface area contributed by atoms with Gasteiger partial charge >= 0.3 is 6.09 Å². The number of ether oxygens (including phenoxy) is 1. The van der Waals surface area contributed by atoms with Crippen molar-refractivity contribution in [3.8, 4) is 0 Å². The summed E-state index contributed by atoms with van der Waals surface area (Å²) in [5.41, 5.74) is 1.92. The number of benzene rings is 2. The standard InChI is InChI=1S/C21H22N4O3/c26-19(17-9-5-2-6-10-17)20-22-18(15-24-13-14-28-21(24)27)25(23-20)12-11-16-7-3-1-4-8-16/h1-10,19,26H,11-15H2/t19-/m0/s1. The van der Waals surface area contributed by atoms with E-state index in [1.807, 2.05) is 48.5 Å². The number of hydrogen-bond donors (Lipinski definition) is 1. The molecule has 0 saturated carbocycles. The zero-order valence-corrected chi connectivity index (χ0v) is 15.4. The second-order valence-electron chi connectivity index (χ2n) is 6.69. The summed E-state index contributed by atoms with van der Waals surface area (Å²) in [6, 6.07) is 19.4. The van der Waals surface area contributed by atoms with E-state index < -0.39 is 6.10 Å². The largest absolute Gasteiger partial charge is 0.448 e. The van der Waals surface area contributed by atoms with E-state index in [1.165, 1.54) is 5.56 Å². The Morgan fingerprint density at radius 2 is 1.79 bits per heavy atom. The van der Waals surface area contributed by atoms with E-state index in [0.29, 0.717) is 37.9 Å². The summed E-state index contributed by atoms with van der Waals surface area (Å²) in [6.45, 7) is 1.83. The lowest BCUT2D eigenvalue weighted by Crippen LogP contribution is -2.26. The third-order valence-electron chi connectivity index (χ3n) is 4.76. The van der Waals surface area contributed by atoms with Crippen molar-refractivity contribution in [3.63, 3.8) is 0 Å². The van der Waals surface area contributed by atoms with Crippen molar-refractivity contribution in [1.82, 2.24) is 19.7 Å². The van der Waals surface area contributed by atoms with Crippen molar-refractivity contribution < 1.29 is 14.6 Å². The number of aromatic nitrogens is 3. The minimum absolute atomic E-state index is 0.308. The average molecular weight is 378 g/mol. The predicted molar refractivity (Wildman–Crippen MR) is 102 cm³/mol. The normalized spacial score (nSPS) is 14.9. The molecule has 2 aromatic carbocycles. The van der Waals surface area contributed by atoms with Crippen LogP contribution in [0.4, 0.5) is 4.79 Å². The van der Waals surface area contributed by atoms with Crippen molar-refractivity contribution in [3.05, 3.63) is 83.4 Å². The van der Waals surface area contributed by atoms with E-state index in [-0.39, 0.29) is 6.09 Å². The highest BCUT2D eigenvalue weighted by Crippen LogP contribution is 2.20. The van der Waals surface area contributed by atoms with Crippen molar-refractivity contribution in [2.75, 3.05) is 13.2 Å². The third kappa shape index (κ3) is 4.04. The molecule has 1 fully saturated rings. The molecule has 1 aliphatic rings. The maximum absolute atomic E-state index is 11.8. The lowest BCUT2D eigenvalue weighted by Gasteiger charge is -2.12. The van der Waals surface area contributed by atoms with Crippen LogP contribution in [0, 0.1) is 0 Å². The van der Waals surface area contributed by atoms with E-state index in [0.717, 1.165) is 12.0 Å². The van der Waals surface area contributed by atoms with Crippen LogP contribution in [0.3, 0.4) is 0 Å². The summed E-state index contributed by atoms with van der Waals surface area (Å²) in [5, 5.41) is 15.2. The van der Waals surface area contributed by atoms with E-state index in [1.54, 1.807) is 9.58 Å². The molecule has 3 aromatic rings. The first-order valence-corrected chi connectivity index (χ1v) is 9.33. The fourth-order valence-corrected chi connectivity index (χ4v) is 3.21. The number of rotatable bonds is 7. The maximum atomic E-state index is 11.8. The van der Waals surface area contributed by atoms with Crippen molar-refractivity contribution in [2.24, 2.45) is 0 Å². The molecule has 7 heteroatoms. The van der Waals surface area contributed by atoms with Gasteiger partial charge in [0.2, 0.25) is 0 Å². The first-order chi connectivity index (χ1) is 13.7. The van der Waals surface area contributed by atoms with Crippen molar-refractivity contribution in [1.29, 1.82) is 0 Å². The van der Waals surface area contributed by atoms with Crippen LogP contribution in [0.1, 0.15) is 28.9 Å². The fourth-order valence-electron chi connectivity index (χ4n) is 3.21. The molecule has 4 rings (SSSR count). The number of aliphatic hydroxyl groups excluding tert-OH is 1. The molecular formula is C21H22N4O3. The molecule has 1 saturated heterocycles. The summed E-state index contributed by atoms with van der Waals surface area (Å²) < 4.78 is 6.79. The molecule has 144 valence electrons. The molecule has 0 spiro atoms. The first kappa shape index (κ1) is 18.2. The zero-order chi connectivity index (χ0) is 19.3. The molecule has 1 amide bonds. The van der Waals surface area contributed by atoms with Crippen LogP contribution in [0.15, 0.2) is 60.7 Å². The van der Waals surface area contributed by atoms with E-state index >= 15 is 0 Å². The summed E-state index contributed by atoms with van der Waals surface area (Å²) in [4.78, 5) is 18.0. The number of nitrogens with zero attached hydrogens (tertiary/aromatic N) is 4. The molecular weight excluding hydrogens is 356 g/mol. The van der Waals surface area contributed by atoms with Crippen LogP contribution in [0.2, 0.25) is 0 Å². The maximum Gasteiger partial charge on any atom is 0.410 e. The highest BCUT2D eigenvalue weighted by atomic mass is 16.6. The van der Waals surface area contributed by atoms with Crippen LogP contribution >= 0.6 is 0 Å². The molecule has 0 aliphatic carbocycles. The molecule has 1 aromatic heterocycles. The van der Waals surface area contributed by atoms with Crippen LogP contribution in [-0.2, 0) is 24.2 Å². The van der Waals surface area contributed by atoms with Crippen LogP contribution in [0.5, 0.6) is 0 Å². The number of aliphatic hydroxyl groups is 1. The minimum atomic E-state index is -0.913. The molecule has 1 aliphatic heterocycles. The Balaban J connectivity index is 1.58. The molecule has 0 bridgehead atoms. The Morgan fingerprint density at radius 1 is 1.07 bits per heavy atom. The second kappa shape index (κ2) is 8.22. The SMILES string of the molecule is O=C1OCCN1Cc1nc([C@@H](O)c2ccccc2)nn1CCc1ccccc1. The summed E-state index contributed by atoms with van der Waals surface area (Å²) in [7, 11) is 0. The van der Waals surface area contributed by atoms with Crippen molar-refractivity contribution in [2.45, 2.75) is 25.6 Å². The Labute approximate surface area is 163 Å². The molecule has 2 heterocycles. The Kier molecular flexibility index (Phi) is 5.34. The zero-order valence-electron chi connectivity index (χ0n) is 15.4. The van der Waals surface area contributed by atoms with Gasteiger partial charge in [-0.15, -0.1) is 0 Å². The number of carbonyl (C=O) groups excluding carboxylic acids is 1. The summed E-state index contributed by atoms with van der Waals surface area (Å²) in [6.07, 6.45) is -0.478. The highest BCUT2D eigenvalue weighted by Gasteiger charge is 2.26. The predicted octanol–water partition coefficient (Wildman–Crippen LogP) is 2.55. The topological polar surface area (TPSA) is 80.5 Å². The Hall–Kier alpha value is -3.19. The molecule has 1 atom stereocenters.